The molecule has 0 saturated heterocycles. The molecule has 2 aromatic carbocycles. The number of rotatable bonds is 4. The van der Waals surface area contributed by atoms with Gasteiger partial charge in [0.05, 0.1) is 0 Å². The van der Waals surface area contributed by atoms with E-state index in [0.29, 0.717) is 0 Å². The van der Waals surface area contributed by atoms with Gasteiger partial charge in [-0.15, -0.1) is 0 Å². The molecule has 0 amide bonds. The summed E-state index contributed by atoms with van der Waals surface area (Å²) in [6, 6.07) is 21.1. The molecule has 1 nitrogen and oxygen atoms in total. The zero-order chi connectivity index (χ0) is 18.9. The molecule has 0 aliphatic heterocycles. The van der Waals surface area contributed by atoms with Crippen molar-refractivity contribution < 1.29 is 1.37 Å². The van der Waals surface area contributed by atoms with Crippen LogP contribution >= 0.6 is 0 Å². The zero-order valence-electron chi connectivity index (χ0n) is 16.8. The molecule has 0 fully saturated rings. The minimum atomic E-state index is -2.09. The Morgan fingerprint density at radius 2 is 1.48 bits per heavy atom. The first-order chi connectivity index (χ1) is 12.2. The van der Waals surface area contributed by atoms with E-state index in [4.69, 9.17) is 6.35 Å². The topological polar surface area (TPSA) is 12.9 Å². The summed E-state index contributed by atoms with van der Waals surface area (Å²) in [5.74, 6) is 6.47. The number of pyridine rings is 1. The number of aromatic nitrogens is 1. The van der Waals surface area contributed by atoms with Crippen LogP contribution in [0.3, 0.4) is 0 Å². The molecule has 128 valence electrons. The van der Waals surface area contributed by atoms with Crippen LogP contribution in [0.1, 0.15) is 26.7 Å². The van der Waals surface area contributed by atoms with E-state index >= 15 is 0 Å². The first-order valence-corrected chi connectivity index (χ1v) is 16.2. The van der Waals surface area contributed by atoms with Gasteiger partial charge in [0, 0.05) is 0 Å². The fourth-order valence-electron chi connectivity index (χ4n) is 3.11. The molecule has 3 aromatic rings. The molecule has 25 heavy (non-hydrogen) atoms. The Balaban J connectivity index is 2.11. The van der Waals surface area contributed by atoms with Crippen LogP contribution in [0.15, 0.2) is 66.9 Å². The summed E-state index contributed by atoms with van der Waals surface area (Å²) in [5, 5.41) is 0. The summed E-state index contributed by atoms with van der Waals surface area (Å²) < 4.78 is 9.96. The summed E-state index contributed by atoms with van der Waals surface area (Å²) in [6.07, 6.45) is 2.04. The van der Waals surface area contributed by atoms with Gasteiger partial charge in [0.25, 0.3) is 0 Å². The summed E-state index contributed by atoms with van der Waals surface area (Å²) in [7, 11) is 0. The fourth-order valence-corrected chi connectivity index (χ4v) is 6.43. The molecule has 1 heterocycles. The van der Waals surface area contributed by atoms with E-state index in [0.717, 1.165) is 16.8 Å². The standard InChI is InChI=1S/C23H27GeN/c1-17(2)21-15-23(25-16-22(21)24(3,4)5)20-13-9-12-19(14-20)18-10-7-6-8-11-18/h6-17H,1-5H3/i17D. The Bertz CT molecular complexity index is 905. The Kier molecular flexibility index (Phi) is 4.76. The summed E-state index contributed by atoms with van der Waals surface area (Å²) in [6.45, 7) is 3.95. The molecule has 0 bridgehead atoms. The minimum absolute atomic E-state index is 0.622. The van der Waals surface area contributed by atoms with Crippen molar-refractivity contribution in [2.24, 2.45) is 0 Å². The number of hydrogen-bond acceptors (Lipinski definition) is 1. The van der Waals surface area contributed by atoms with Crippen LogP contribution in [-0.4, -0.2) is 18.3 Å². The first kappa shape index (κ1) is 16.6. The molecule has 0 unspecified atom stereocenters. The summed E-state index contributed by atoms with van der Waals surface area (Å²) in [5.41, 5.74) is 5.57. The van der Waals surface area contributed by atoms with E-state index in [9.17, 15) is 0 Å². The van der Waals surface area contributed by atoms with E-state index in [2.05, 4.69) is 71.9 Å². The van der Waals surface area contributed by atoms with Gasteiger partial charge in [-0.05, 0) is 0 Å². The third kappa shape index (κ3) is 4.04. The Labute approximate surface area is 155 Å². The van der Waals surface area contributed by atoms with Crippen LogP contribution in [0.5, 0.6) is 0 Å². The van der Waals surface area contributed by atoms with Gasteiger partial charge >= 0.3 is 156 Å². The predicted octanol–water partition coefficient (Wildman–Crippen LogP) is 6.08. The van der Waals surface area contributed by atoms with Gasteiger partial charge in [-0.2, -0.15) is 0 Å². The van der Waals surface area contributed by atoms with Crippen molar-refractivity contribution in [3.63, 3.8) is 0 Å². The molecule has 0 saturated carbocycles. The van der Waals surface area contributed by atoms with Gasteiger partial charge in [0.2, 0.25) is 0 Å². The first-order valence-electron chi connectivity index (χ1n) is 9.33. The van der Waals surface area contributed by atoms with Crippen LogP contribution in [0.2, 0.25) is 17.3 Å². The van der Waals surface area contributed by atoms with Crippen LogP contribution in [0.25, 0.3) is 22.4 Å². The third-order valence-electron chi connectivity index (χ3n) is 4.52. The molecular weight excluding hydrogens is 363 g/mol. The van der Waals surface area contributed by atoms with Gasteiger partial charge in [-0.1, -0.05) is 0 Å². The van der Waals surface area contributed by atoms with Gasteiger partial charge in [-0.3, -0.25) is 0 Å². The van der Waals surface area contributed by atoms with Crippen LogP contribution in [0, 0.1) is 0 Å². The monoisotopic (exact) mass is 392 g/mol. The van der Waals surface area contributed by atoms with E-state index in [1.807, 2.05) is 26.1 Å². The molecule has 0 N–H and O–H groups in total. The van der Waals surface area contributed by atoms with Crippen LogP contribution < -0.4 is 4.40 Å². The van der Waals surface area contributed by atoms with Crippen molar-refractivity contribution in [2.45, 2.75) is 37.0 Å². The van der Waals surface area contributed by atoms with Crippen molar-refractivity contribution in [1.82, 2.24) is 4.98 Å². The molecule has 0 radical (unpaired) electrons. The average Bonchev–Trinajstić information content (AvgIpc) is 2.60. The molecule has 2 heteroatoms. The van der Waals surface area contributed by atoms with E-state index in [1.54, 1.807) is 0 Å². The van der Waals surface area contributed by atoms with Crippen molar-refractivity contribution in [1.29, 1.82) is 0 Å². The molecule has 0 spiro atoms. The molecule has 0 aliphatic rings. The number of hydrogen-bond donors (Lipinski definition) is 0. The summed E-state index contributed by atoms with van der Waals surface area (Å²) in [4.78, 5) is 4.79. The quantitative estimate of drug-likeness (QED) is 0.491. The predicted molar refractivity (Wildman–Crippen MR) is 112 cm³/mol. The van der Waals surface area contributed by atoms with E-state index < -0.39 is 19.2 Å². The Morgan fingerprint density at radius 1 is 0.840 bits per heavy atom. The number of nitrogens with zero attached hydrogens (tertiary/aromatic N) is 1. The third-order valence-corrected chi connectivity index (χ3v) is 8.74. The second-order valence-corrected chi connectivity index (χ2v) is 18.4. The average molecular weight is 391 g/mol. The van der Waals surface area contributed by atoms with Crippen LogP contribution in [-0.2, 0) is 0 Å². The number of benzene rings is 2. The van der Waals surface area contributed by atoms with Crippen molar-refractivity contribution in [3.05, 3.63) is 72.4 Å². The Morgan fingerprint density at radius 3 is 2.12 bits per heavy atom. The molecule has 0 atom stereocenters. The fraction of sp³-hybridized carbons (Fsp3) is 0.261. The molecular formula is C23H27GeN. The maximum absolute atomic E-state index is 8.63. The van der Waals surface area contributed by atoms with Crippen molar-refractivity contribution in [2.75, 3.05) is 0 Å². The zero-order valence-corrected chi connectivity index (χ0v) is 17.9. The van der Waals surface area contributed by atoms with E-state index in [-0.39, 0.29) is 0 Å². The molecule has 0 aliphatic carbocycles. The Hall–Kier alpha value is -1.87. The normalized spacial score (nSPS) is 12.8. The van der Waals surface area contributed by atoms with Crippen molar-refractivity contribution >= 4 is 17.7 Å². The molecule has 1 aromatic heterocycles. The van der Waals surface area contributed by atoms with Gasteiger partial charge in [0.1, 0.15) is 0 Å². The van der Waals surface area contributed by atoms with Gasteiger partial charge in [-0.25, -0.2) is 0 Å². The second-order valence-electron chi connectivity index (χ2n) is 7.81. The SMILES string of the molecule is [2H]C(C)(C)c1cc(-c2cccc(-c3ccccc3)c2)nc[c]1[Ge]([CH3])([CH3])[CH3]. The summed E-state index contributed by atoms with van der Waals surface area (Å²) >= 11 is -2.09. The van der Waals surface area contributed by atoms with Gasteiger partial charge in [0.15, 0.2) is 0 Å². The van der Waals surface area contributed by atoms with E-state index in [1.165, 1.54) is 15.5 Å². The van der Waals surface area contributed by atoms with Gasteiger partial charge < -0.3 is 0 Å². The van der Waals surface area contributed by atoms with Crippen molar-refractivity contribution in [3.8, 4) is 22.4 Å². The second kappa shape index (κ2) is 7.17. The van der Waals surface area contributed by atoms with Crippen LogP contribution in [0.4, 0.5) is 0 Å². The molecule has 3 rings (SSSR count). The maximum atomic E-state index is 8.63.